The molecule has 0 amide bonds. The summed E-state index contributed by atoms with van der Waals surface area (Å²) in [6.07, 6.45) is 2.26. The van der Waals surface area contributed by atoms with Crippen LogP contribution in [0.2, 0.25) is 0 Å². The zero-order valence-corrected chi connectivity index (χ0v) is 9.90. The molecule has 0 saturated carbocycles. The van der Waals surface area contributed by atoms with Crippen LogP contribution in [-0.2, 0) is 6.42 Å². The molecular weight excluding hydrogens is 188 g/mol. The predicted octanol–water partition coefficient (Wildman–Crippen LogP) is 2.34. The second-order valence-corrected chi connectivity index (χ2v) is 3.12. The summed E-state index contributed by atoms with van der Waals surface area (Å²) in [4.78, 5) is 0. The van der Waals surface area contributed by atoms with E-state index in [9.17, 15) is 0 Å². The van der Waals surface area contributed by atoms with Crippen molar-refractivity contribution in [3.8, 4) is 0 Å². The van der Waals surface area contributed by atoms with Gasteiger partial charge in [0.2, 0.25) is 0 Å². The van der Waals surface area contributed by atoms with Gasteiger partial charge >= 0.3 is 0 Å². The number of aliphatic hydroxyl groups is 2. The first-order valence-electron chi connectivity index (χ1n) is 5.55. The second kappa shape index (κ2) is 8.45. The van der Waals surface area contributed by atoms with Gasteiger partial charge in [-0.1, -0.05) is 38.1 Å². The molecule has 2 heteroatoms. The topological polar surface area (TPSA) is 40.5 Å². The molecule has 0 aliphatic heterocycles. The van der Waals surface area contributed by atoms with Gasteiger partial charge in [0.15, 0.2) is 0 Å². The van der Waals surface area contributed by atoms with E-state index in [1.165, 1.54) is 11.1 Å². The average Bonchev–Trinajstić information content (AvgIpc) is 2.77. The van der Waals surface area contributed by atoms with Crippen LogP contribution in [-0.4, -0.2) is 23.9 Å². The van der Waals surface area contributed by atoms with Crippen molar-refractivity contribution in [1.82, 2.24) is 0 Å². The van der Waals surface area contributed by atoms with Crippen molar-refractivity contribution in [3.05, 3.63) is 35.4 Å². The minimum absolute atomic E-state index is 0.303. The molecule has 2 nitrogen and oxygen atoms in total. The highest BCUT2D eigenvalue weighted by molar-refractivity contribution is 5.34. The van der Waals surface area contributed by atoms with Crippen molar-refractivity contribution >= 4 is 0 Å². The van der Waals surface area contributed by atoms with Gasteiger partial charge in [-0.25, -0.2) is 0 Å². The Morgan fingerprint density at radius 2 is 1.80 bits per heavy atom. The number of aliphatic hydroxyl groups excluding tert-OH is 2. The molecule has 0 saturated heterocycles. The molecule has 0 radical (unpaired) electrons. The lowest BCUT2D eigenvalue weighted by Gasteiger charge is -2.05. The minimum Gasteiger partial charge on any atom is -0.400 e. The zero-order chi connectivity index (χ0) is 11.7. The Kier molecular flexibility index (Phi) is 7.96. The molecule has 2 rings (SSSR count). The van der Waals surface area contributed by atoms with Crippen LogP contribution >= 0.6 is 0 Å². The summed E-state index contributed by atoms with van der Waals surface area (Å²) in [5.41, 5.74) is 2.78. The van der Waals surface area contributed by atoms with E-state index in [0.717, 1.165) is 20.0 Å². The van der Waals surface area contributed by atoms with Crippen LogP contribution < -0.4 is 0 Å². The molecule has 1 aromatic carbocycles. The van der Waals surface area contributed by atoms with Gasteiger partial charge in [-0.15, -0.1) is 0 Å². The van der Waals surface area contributed by atoms with Gasteiger partial charge in [0.05, 0.1) is 0 Å². The largest absolute Gasteiger partial charge is 0.400 e. The van der Waals surface area contributed by atoms with Crippen molar-refractivity contribution in [2.24, 2.45) is 0 Å². The summed E-state index contributed by atoms with van der Waals surface area (Å²) >= 11 is 0. The fourth-order valence-electron chi connectivity index (χ4n) is 1.84. The van der Waals surface area contributed by atoms with Gasteiger partial charge in [-0.2, -0.15) is 0 Å². The van der Waals surface area contributed by atoms with E-state index in [2.05, 4.69) is 18.2 Å². The lowest BCUT2D eigenvalue weighted by atomic mass is 10.0. The standard InChI is InChI=1S/C10H12O.C2H6.CH4O/c11-7-9-6-5-8-3-1-2-4-10(8)9;2*1-2/h1-4,9,11H,5-7H2;1-2H3;2H,1H3. The Balaban J connectivity index is 0.000000442. The molecule has 0 bridgehead atoms. The molecule has 1 unspecified atom stereocenters. The van der Waals surface area contributed by atoms with Crippen LogP contribution in [0.4, 0.5) is 0 Å². The fraction of sp³-hybridized carbons (Fsp3) is 0.538. The van der Waals surface area contributed by atoms with Gasteiger partial charge in [0.25, 0.3) is 0 Å². The number of rotatable bonds is 1. The lowest BCUT2D eigenvalue weighted by molar-refractivity contribution is 0.265. The van der Waals surface area contributed by atoms with Crippen molar-refractivity contribution in [3.63, 3.8) is 0 Å². The zero-order valence-electron chi connectivity index (χ0n) is 9.90. The van der Waals surface area contributed by atoms with Crippen LogP contribution in [0.5, 0.6) is 0 Å². The quantitative estimate of drug-likeness (QED) is 0.747. The monoisotopic (exact) mass is 210 g/mol. The van der Waals surface area contributed by atoms with E-state index in [4.69, 9.17) is 10.2 Å². The average molecular weight is 210 g/mol. The second-order valence-electron chi connectivity index (χ2n) is 3.12. The SMILES string of the molecule is CC.CO.OCC1CCc2ccccc21. The maximum absolute atomic E-state index is 9.01. The normalized spacial score (nSPS) is 16.7. The van der Waals surface area contributed by atoms with Crippen molar-refractivity contribution in [2.75, 3.05) is 13.7 Å². The molecule has 0 aromatic heterocycles. The number of benzene rings is 1. The molecule has 0 fully saturated rings. The number of fused-ring (bicyclic) bond motifs is 1. The Morgan fingerprint density at radius 3 is 2.40 bits per heavy atom. The maximum atomic E-state index is 9.01. The highest BCUT2D eigenvalue weighted by Crippen LogP contribution is 2.31. The summed E-state index contributed by atoms with van der Waals surface area (Å²) in [6, 6.07) is 8.40. The van der Waals surface area contributed by atoms with Gasteiger partial charge in [0.1, 0.15) is 0 Å². The molecule has 0 spiro atoms. The molecule has 1 aliphatic carbocycles. The van der Waals surface area contributed by atoms with Crippen LogP contribution in [0.25, 0.3) is 0 Å². The first-order valence-corrected chi connectivity index (χ1v) is 5.55. The van der Waals surface area contributed by atoms with Gasteiger partial charge in [0, 0.05) is 19.6 Å². The highest BCUT2D eigenvalue weighted by atomic mass is 16.3. The predicted molar refractivity (Wildman–Crippen MR) is 64.1 cm³/mol. The maximum Gasteiger partial charge on any atom is 0.0499 e. The first kappa shape index (κ1) is 14.1. The highest BCUT2D eigenvalue weighted by Gasteiger charge is 2.20. The van der Waals surface area contributed by atoms with E-state index in [1.54, 1.807) is 0 Å². The third kappa shape index (κ3) is 3.65. The van der Waals surface area contributed by atoms with Gasteiger partial charge < -0.3 is 10.2 Å². The number of hydrogen-bond acceptors (Lipinski definition) is 2. The number of hydrogen-bond donors (Lipinski definition) is 2. The van der Waals surface area contributed by atoms with Gasteiger partial charge in [-0.3, -0.25) is 0 Å². The number of aryl methyl sites for hydroxylation is 1. The van der Waals surface area contributed by atoms with Gasteiger partial charge in [-0.05, 0) is 24.0 Å². The van der Waals surface area contributed by atoms with Crippen LogP contribution in [0, 0.1) is 0 Å². The molecular formula is C13H22O2. The van der Waals surface area contributed by atoms with Crippen molar-refractivity contribution < 1.29 is 10.2 Å². The molecule has 1 atom stereocenters. The Hall–Kier alpha value is -0.860. The molecule has 2 N–H and O–H groups in total. The smallest absolute Gasteiger partial charge is 0.0499 e. The molecule has 1 aromatic rings. The Bertz CT molecular complexity index is 258. The molecule has 1 aliphatic rings. The fourth-order valence-corrected chi connectivity index (χ4v) is 1.84. The third-order valence-electron chi connectivity index (χ3n) is 2.48. The van der Waals surface area contributed by atoms with E-state index < -0.39 is 0 Å². The minimum atomic E-state index is 0.303. The first-order chi connectivity index (χ1) is 7.42. The van der Waals surface area contributed by atoms with Crippen LogP contribution in [0.1, 0.15) is 37.3 Å². The lowest BCUT2D eigenvalue weighted by Crippen LogP contribution is -1.97. The Labute approximate surface area is 92.6 Å². The van der Waals surface area contributed by atoms with Crippen molar-refractivity contribution in [1.29, 1.82) is 0 Å². The third-order valence-corrected chi connectivity index (χ3v) is 2.48. The molecule has 0 heterocycles. The summed E-state index contributed by atoms with van der Waals surface area (Å²) in [6.45, 7) is 4.30. The van der Waals surface area contributed by atoms with E-state index in [1.807, 2.05) is 19.9 Å². The Morgan fingerprint density at radius 1 is 1.20 bits per heavy atom. The van der Waals surface area contributed by atoms with Crippen LogP contribution in [0.15, 0.2) is 24.3 Å². The van der Waals surface area contributed by atoms with Crippen LogP contribution in [0.3, 0.4) is 0 Å². The summed E-state index contributed by atoms with van der Waals surface area (Å²) in [5.74, 6) is 0.409. The van der Waals surface area contributed by atoms with E-state index >= 15 is 0 Å². The summed E-state index contributed by atoms with van der Waals surface area (Å²) < 4.78 is 0. The van der Waals surface area contributed by atoms with Crippen molar-refractivity contribution in [2.45, 2.75) is 32.6 Å². The summed E-state index contributed by atoms with van der Waals surface area (Å²) in [7, 11) is 1.00. The van der Waals surface area contributed by atoms with E-state index in [0.29, 0.717) is 12.5 Å². The molecule has 15 heavy (non-hydrogen) atoms. The summed E-state index contributed by atoms with van der Waals surface area (Å²) in [5, 5.41) is 16.0. The molecule has 86 valence electrons. The van der Waals surface area contributed by atoms with E-state index in [-0.39, 0.29) is 0 Å².